The molecule has 1 atom stereocenters. The summed E-state index contributed by atoms with van der Waals surface area (Å²) in [7, 11) is 0. The zero-order chi connectivity index (χ0) is 20.5. The van der Waals surface area contributed by atoms with E-state index in [1.165, 1.54) is 12.8 Å². The van der Waals surface area contributed by atoms with Crippen LogP contribution in [-0.4, -0.2) is 43.4 Å². The number of nitrogens with zero attached hydrogens (tertiary/aromatic N) is 5. The Balaban J connectivity index is 1.39. The standard InChI is InChI=1S/C22H26BrN7/c23-18-13-27-30-21(26-12-16-3-1-7-25-11-16)10-19(28-22(18)30)17-4-2-8-29(14-17)20(24)9-15-5-6-15/h1,3,7,10-11,13,15,17,24,26H,2,4-6,8-9,12,14H2. The molecular formula is C22H26BrN7. The van der Waals surface area contributed by atoms with Crippen LogP contribution in [0.1, 0.15) is 49.3 Å². The van der Waals surface area contributed by atoms with E-state index in [1.54, 1.807) is 12.4 Å². The van der Waals surface area contributed by atoms with Gasteiger partial charge < -0.3 is 10.2 Å². The van der Waals surface area contributed by atoms with Crippen molar-refractivity contribution in [1.29, 1.82) is 5.41 Å². The summed E-state index contributed by atoms with van der Waals surface area (Å²) in [6.45, 7) is 2.54. The van der Waals surface area contributed by atoms with Crippen LogP contribution in [0.25, 0.3) is 5.65 Å². The molecule has 1 saturated heterocycles. The number of pyridine rings is 1. The maximum absolute atomic E-state index is 8.52. The molecule has 2 N–H and O–H groups in total. The molecule has 1 aliphatic heterocycles. The molecule has 1 unspecified atom stereocenters. The van der Waals surface area contributed by atoms with E-state index < -0.39 is 0 Å². The molecule has 30 heavy (non-hydrogen) atoms. The number of amidine groups is 1. The minimum atomic E-state index is 0.323. The second kappa shape index (κ2) is 8.34. The number of anilines is 1. The van der Waals surface area contributed by atoms with Gasteiger partial charge in [-0.05, 0) is 59.2 Å². The summed E-state index contributed by atoms with van der Waals surface area (Å²) in [6.07, 6.45) is 11.2. The number of hydrogen-bond donors (Lipinski definition) is 2. The summed E-state index contributed by atoms with van der Waals surface area (Å²) in [4.78, 5) is 11.4. The minimum Gasteiger partial charge on any atom is -0.366 e. The molecule has 5 rings (SSSR count). The van der Waals surface area contributed by atoms with Crippen LogP contribution in [0.2, 0.25) is 0 Å². The molecule has 0 spiro atoms. The Labute approximate surface area is 184 Å². The van der Waals surface area contributed by atoms with Crippen molar-refractivity contribution in [2.45, 2.75) is 44.6 Å². The van der Waals surface area contributed by atoms with Gasteiger partial charge in [0.2, 0.25) is 0 Å². The first-order valence-electron chi connectivity index (χ1n) is 10.7. The molecule has 3 aromatic rings. The molecule has 4 heterocycles. The molecule has 0 radical (unpaired) electrons. The third-order valence-corrected chi connectivity index (χ3v) is 6.60. The maximum atomic E-state index is 8.52. The first-order chi connectivity index (χ1) is 14.7. The van der Waals surface area contributed by atoms with Gasteiger partial charge in [-0.25, -0.2) is 4.98 Å². The van der Waals surface area contributed by atoms with E-state index in [2.05, 4.69) is 48.4 Å². The highest BCUT2D eigenvalue weighted by Gasteiger charge is 2.29. The van der Waals surface area contributed by atoms with Crippen LogP contribution in [0.3, 0.4) is 0 Å². The number of rotatable bonds is 6. The quantitative estimate of drug-likeness (QED) is 0.413. The summed E-state index contributed by atoms with van der Waals surface area (Å²) in [5.41, 5.74) is 3.01. The topological polar surface area (TPSA) is 82.2 Å². The lowest BCUT2D eigenvalue weighted by Crippen LogP contribution is -2.39. The van der Waals surface area contributed by atoms with Crippen LogP contribution in [-0.2, 0) is 6.54 Å². The summed E-state index contributed by atoms with van der Waals surface area (Å²) in [5.74, 6) is 2.81. The van der Waals surface area contributed by atoms with Crippen LogP contribution in [0.4, 0.5) is 5.82 Å². The molecule has 3 aromatic heterocycles. The normalized spacial score (nSPS) is 19.2. The van der Waals surface area contributed by atoms with E-state index in [9.17, 15) is 0 Å². The molecule has 8 heteroatoms. The highest BCUT2D eigenvalue weighted by atomic mass is 79.9. The fourth-order valence-corrected chi connectivity index (χ4v) is 4.52. The highest BCUT2D eigenvalue weighted by Crippen LogP contribution is 2.35. The van der Waals surface area contributed by atoms with Gasteiger partial charge in [0.1, 0.15) is 5.82 Å². The Morgan fingerprint density at radius 1 is 1.27 bits per heavy atom. The lowest BCUT2D eigenvalue weighted by atomic mass is 9.94. The highest BCUT2D eigenvalue weighted by molar-refractivity contribution is 9.10. The van der Waals surface area contributed by atoms with Crippen molar-refractivity contribution in [2.75, 3.05) is 18.4 Å². The Hall–Kier alpha value is -2.48. The molecule has 156 valence electrons. The zero-order valence-corrected chi connectivity index (χ0v) is 18.5. The third-order valence-electron chi connectivity index (χ3n) is 6.05. The smallest absolute Gasteiger partial charge is 0.171 e. The van der Waals surface area contributed by atoms with Gasteiger partial charge >= 0.3 is 0 Å². The predicted molar refractivity (Wildman–Crippen MR) is 121 cm³/mol. The van der Waals surface area contributed by atoms with Gasteiger partial charge in [0, 0.05) is 50.4 Å². The SMILES string of the molecule is N=C(CC1CC1)N1CCCC(c2cc(NCc3cccnc3)n3ncc(Br)c3n2)C1. The molecule has 1 saturated carbocycles. The molecule has 1 aliphatic carbocycles. The van der Waals surface area contributed by atoms with E-state index >= 15 is 0 Å². The molecule has 7 nitrogen and oxygen atoms in total. The van der Waals surface area contributed by atoms with Gasteiger partial charge in [-0.15, -0.1) is 0 Å². The second-order valence-electron chi connectivity index (χ2n) is 8.39. The number of aromatic nitrogens is 4. The number of likely N-dealkylation sites (tertiary alicyclic amines) is 1. The Morgan fingerprint density at radius 3 is 2.97 bits per heavy atom. The van der Waals surface area contributed by atoms with Crippen molar-refractivity contribution in [1.82, 2.24) is 24.5 Å². The lowest BCUT2D eigenvalue weighted by molar-refractivity contribution is 0.298. The van der Waals surface area contributed by atoms with Gasteiger partial charge in [-0.3, -0.25) is 10.4 Å². The van der Waals surface area contributed by atoms with Crippen molar-refractivity contribution in [3.05, 3.63) is 52.5 Å². The van der Waals surface area contributed by atoms with Crippen molar-refractivity contribution in [3.8, 4) is 0 Å². The summed E-state index contributed by atoms with van der Waals surface area (Å²) >= 11 is 3.60. The second-order valence-corrected chi connectivity index (χ2v) is 9.24. The summed E-state index contributed by atoms with van der Waals surface area (Å²) in [6, 6.07) is 6.13. The minimum absolute atomic E-state index is 0.323. The molecule has 0 amide bonds. The largest absolute Gasteiger partial charge is 0.366 e. The first-order valence-corrected chi connectivity index (χ1v) is 11.5. The summed E-state index contributed by atoms with van der Waals surface area (Å²) < 4.78 is 2.74. The van der Waals surface area contributed by atoms with Crippen molar-refractivity contribution < 1.29 is 0 Å². The Bertz CT molecular complexity index is 1040. The monoisotopic (exact) mass is 467 g/mol. The van der Waals surface area contributed by atoms with Crippen LogP contribution >= 0.6 is 15.9 Å². The fraction of sp³-hybridized carbons (Fsp3) is 0.455. The van der Waals surface area contributed by atoms with E-state index in [-0.39, 0.29) is 0 Å². The molecular weight excluding hydrogens is 442 g/mol. The van der Waals surface area contributed by atoms with Crippen LogP contribution in [0, 0.1) is 11.3 Å². The number of halogens is 1. The average molecular weight is 468 g/mol. The number of fused-ring (bicyclic) bond motifs is 1. The van der Waals surface area contributed by atoms with Crippen molar-refractivity contribution in [2.24, 2.45) is 5.92 Å². The van der Waals surface area contributed by atoms with Gasteiger partial charge in [-0.2, -0.15) is 9.61 Å². The first kappa shape index (κ1) is 19.5. The number of piperidine rings is 1. The Kier molecular flexibility index (Phi) is 5.41. The van der Waals surface area contributed by atoms with Gasteiger partial charge in [0.05, 0.1) is 22.2 Å². The van der Waals surface area contributed by atoms with E-state index in [0.717, 1.165) is 71.3 Å². The summed E-state index contributed by atoms with van der Waals surface area (Å²) in [5, 5.41) is 16.5. The van der Waals surface area contributed by atoms with Crippen LogP contribution in [0.15, 0.2) is 41.3 Å². The average Bonchev–Trinajstić information content (AvgIpc) is 3.53. The van der Waals surface area contributed by atoms with Crippen molar-refractivity contribution in [3.63, 3.8) is 0 Å². The van der Waals surface area contributed by atoms with E-state index in [1.807, 2.05) is 16.8 Å². The van der Waals surface area contributed by atoms with Gasteiger partial charge in [0.25, 0.3) is 0 Å². The molecule has 0 aromatic carbocycles. The zero-order valence-electron chi connectivity index (χ0n) is 16.9. The third kappa shape index (κ3) is 4.19. The fourth-order valence-electron chi connectivity index (χ4n) is 4.17. The van der Waals surface area contributed by atoms with Crippen LogP contribution < -0.4 is 5.32 Å². The predicted octanol–water partition coefficient (Wildman–Crippen LogP) is 4.46. The van der Waals surface area contributed by atoms with Crippen molar-refractivity contribution >= 4 is 33.2 Å². The van der Waals surface area contributed by atoms with E-state index in [4.69, 9.17) is 10.4 Å². The maximum Gasteiger partial charge on any atom is 0.171 e. The Morgan fingerprint density at radius 2 is 2.17 bits per heavy atom. The molecule has 2 aliphatic rings. The lowest BCUT2D eigenvalue weighted by Gasteiger charge is -2.34. The van der Waals surface area contributed by atoms with Gasteiger partial charge in [0.15, 0.2) is 5.65 Å². The molecule has 0 bridgehead atoms. The van der Waals surface area contributed by atoms with Gasteiger partial charge in [-0.1, -0.05) is 6.07 Å². The van der Waals surface area contributed by atoms with E-state index in [0.29, 0.717) is 12.5 Å². The van der Waals surface area contributed by atoms with Crippen LogP contribution in [0.5, 0.6) is 0 Å². The molecule has 2 fully saturated rings. The number of hydrogen-bond acceptors (Lipinski definition) is 5. The number of nitrogens with one attached hydrogen (secondary N) is 2.